The maximum atomic E-state index is 5.24. The molecule has 2 aliphatic carbocycles. The molecule has 0 radical (unpaired) electrons. The Hall–Kier alpha value is -5.22. The highest BCUT2D eigenvalue weighted by Crippen LogP contribution is 2.47. The molecule has 0 amide bonds. The van der Waals surface area contributed by atoms with Crippen LogP contribution in [0.4, 0.5) is 5.69 Å². The van der Waals surface area contributed by atoms with Crippen molar-refractivity contribution in [3.8, 4) is 28.5 Å². The Morgan fingerprint density at radius 1 is 0.636 bits per heavy atom. The molecule has 3 aliphatic rings. The molecule has 44 heavy (non-hydrogen) atoms. The van der Waals surface area contributed by atoms with Gasteiger partial charge in [-0.25, -0.2) is 9.97 Å². The van der Waals surface area contributed by atoms with Crippen LogP contribution in [0.1, 0.15) is 32.1 Å². The van der Waals surface area contributed by atoms with Gasteiger partial charge in [-0.2, -0.15) is 0 Å². The van der Waals surface area contributed by atoms with Gasteiger partial charge in [-0.15, -0.1) is 0 Å². The van der Waals surface area contributed by atoms with Crippen molar-refractivity contribution < 1.29 is 0 Å². The molecular weight excluding hydrogens is 536 g/mol. The van der Waals surface area contributed by atoms with Crippen molar-refractivity contribution in [1.82, 2.24) is 14.5 Å². The summed E-state index contributed by atoms with van der Waals surface area (Å²) in [6.45, 7) is 0. The van der Waals surface area contributed by atoms with Crippen molar-refractivity contribution in [3.63, 3.8) is 0 Å². The highest BCUT2D eigenvalue weighted by molar-refractivity contribution is 6.10. The van der Waals surface area contributed by atoms with Crippen molar-refractivity contribution in [2.75, 3.05) is 4.90 Å². The Balaban J connectivity index is 1.29. The number of anilines is 1. The third kappa shape index (κ3) is 3.98. The Morgan fingerprint density at radius 2 is 1.32 bits per heavy atom. The number of hydrogen-bond acceptors (Lipinski definition) is 3. The van der Waals surface area contributed by atoms with Gasteiger partial charge in [-0.1, -0.05) is 103 Å². The van der Waals surface area contributed by atoms with E-state index in [1.807, 2.05) is 12.1 Å². The fourth-order valence-corrected chi connectivity index (χ4v) is 7.53. The first-order chi connectivity index (χ1) is 21.8. The van der Waals surface area contributed by atoms with E-state index >= 15 is 0 Å². The third-order valence-corrected chi connectivity index (χ3v) is 9.51. The zero-order chi connectivity index (χ0) is 29.0. The van der Waals surface area contributed by atoms with Crippen LogP contribution >= 0.6 is 0 Å². The quantitative estimate of drug-likeness (QED) is 0.212. The van der Waals surface area contributed by atoms with Crippen LogP contribution in [0.5, 0.6) is 0 Å². The number of aromatic nitrogens is 3. The standard InChI is InChI=1S/C40H32N4/c1-3-13-27(14-4-1)34-26-35(28-15-5-2-6-16-28)42-40(41-34)44-38-22-12-9-19-32(38)33-24-23-29(25-39(33)44)43-36-20-10-7-17-30(36)31-18-8-11-21-37(31)43/h1-7,9-10,12-17,19,22-26,36H,8,11,18,20-21H2. The molecule has 1 unspecified atom stereocenters. The lowest BCUT2D eigenvalue weighted by Crippen LogP contribution is -2.31. The number of nitrogens with zero attached hydrogens (tertiary/aromatic N) is 4. The van der Waals surface area contributed by atoms with Crippen LogP contribution in [0.2, 0.25) is 0 Å². The Morgan fingerprint density at radius 3 is 2.09 bits per heavy atom. The number of para-hydroxylation sites is 1. The molecule has 4 nitrogen and oxygen atoms in total. The minimum absolute atomic E-state index is 0.376. The molecule has 9 rings (SSSR count). The van der Waals surface area contributed by atoms with Crippen molar-refractivity contribution in [3.05, 3.63) is 144 Å². The molecule has 4 aromatic carbocycles. The molecule has 212 valence electrons. The second kappa shape index (κ2) is 10.2. The molecule has 0 N–H and O–H groups in total. The van der Waals surface area contributed by atoms with Crippen molar-refractivity contribution in [1.29, 1.82) is 0 Å². The van der Waals surface area contributed by atoms with Gasteiger partial charge >= 0.3 is 0 Å². The Bertz CT molecular complexity index is 2090. The molecule has 0 saturated heterocycles. The molecule has 1 aliphatic heterocycles. The molecule has 1 atom stereocenters. The topological polar surface area (TPSA) is 34.0 Å². The first-order valence-electron chi connectivity index (χ1n) is 15.8. The van der Waals surface area contributed by atoms with E-state index in [0.717, 1.165) is 46.4 Å². The lowest BCUT2D eigenvalue weighted by atomic mass is 9.89. The summed E-state index contributed by atoms with van der Waals surface area (Å²) < 4.78 is 2.27. The van der Waals surface area contributed by atoms with Gasteiger partial charge in [-0.05, 0) is 67.5 Å². The predicted molar refractivity (Wildman–Crippen MR) is 181 cm³/mol. The van der Waals surface area contributed by atoms with Crippen LogP contribution < -0.4 is 4.90 Å². The van der Waals surface area contributed by atoms with Gasteiger partial charge in [0.15, 0.2) is 0 Å². The van der Waals surface area contributed by atoms with Gasteiger partial charge < -0.3 is 4.90 Å². The molecule has 3 heterocycles. The first-order valence-corrected chi connectivity index (χ1v) is 15.8. The van der Waals surface area contributed by atoms with E-state index in [2.05, 4.69) is 125 Å². The minimum Gasteiger partial charge on any atom is -0.337 e. The predicted octanol–water partition coefficient (Wildman–Crippen LogP) is 9.81. The van der Waals surface area contributed by atoms with Gasteiger partial charge in [0.25, 0.3) is 0 Å². The molecule has 0 saturated carbocycles. The Kier molecular flexibility index (Phi) is 5.86. The lowest BCUT2D eigenvalue weighted by Gasteiger charge is -2.31. The molecule has 0 bridgehead atoms. The maximum Gasteiger partial charge on any atom is 0.235 e. The average Bonchev–Trinajstić information content (AvgIpc) is 3.61. The number of fused-ring (bicyclic) bond motifs is 5. The fourth-order valence-electron chi connectivity index (χ4n) is 7.53. The van der Waals surface area contributed by atoms with Gasteiger partial charge in [0.2, 0.25) is 5.95 Å². The summed E-state index contributed by atoms with van der Waals surface area (Å²) in [5, 5.41) is 2.43. The van der Waals surface area contributed by atoms with E-state index in [0.29, 0.717) is 12.0 Å². The van der Waals surface area contributed by atoms with Gasteiger partial charge in [0, 0.05) is 33.3 Å². The molecule has 2 aromatic heterocycles. The summed E-state index contributed by atoms with van der Waals surface area (Å²) in [5.74, 6) is 0.689. The van der Waals surface area contributed by atoms with Crippen molar-refractivity contribution in [2.24, 2.45) is 0 Å². The van der Waals surface area contributed by atoms with Crippen LogP contribution in [-0.2, 0) is 0 Å². The number of hydrogen-bond donors (Lipinski definition) is 0. The summed E-state index contributed by atoms with van der Waals surface area (Å²) in [6, 6.07) is 39.0. The van der Waals surface area contributed by atoms with Crippen LogP contribution in [-0.4, -0.2) is 20.6 Å². The van der Waals surface area contributed by atoms with E-state index in [4.69, 9.17) is 9.97 Å². The van der Waals surface area contributed by atoms with Crippen LogP contribution in [0.25, 0.3) is 50.3 Å². The molecule has 0 fully saturated rings. The second-order valence-corrected chi connectivity index (χ2v) is 12.0. The number of benzene rings is 4. The largest absolute Gasteiger partial charge is 0.337 e. The molecular formula is C40H32N4. The molecule has 4 heteroatoms. The summed E-state index contributed by atoms with van der Waals surface area (Å²) in [6.07, 6.45) is 12.8. The van der Waals surface area contributed by atoms with E-state index in [-0.39, 0.29) is 0 Å². The maximum absolute atomic E-state index is 5.24. The highest BCUT2D eigenvalue weighted by atomic mass is 15.2. The normalized spacial score (nSPS) is 17.7. The first kappa shape index (κ1) is 25.3. The average molecular weight is 569 g/mol. The Labute approximate surface area is 257 Å². The van der Waals surface area contributed by atoms with Gasteiger partial charge in [-0.3, -0.25) is 4.57 Å². The summed E-state index contributed by atoms with van der Waals surface area (Å²) in [4.78, 5) is 13.1. The van der Waals surface area contributed by atoms with E-state index in [1.165, 1.54) is 47.0 Å². The zero-order valence-electron chi connectivity index (χ0n) is 24.5. The van der Waals surface area contributed by atoms with Crippen LogP contribution in [0, 0.1) is 0 Å². The number of rotatable bonds is 4. The minimum atomic E-state index is 0.376. The molecule has 6 aromatic rings. The monoisotopic (exact) mass is 568 g/mol. The van der Waals surface area contributed by atoms with Crippen molar-refractivity contribution >= 4 is 27.5 Å². The van der Waals surface area contributed by atoms with Crippen LogP contribution in [0.15, 0.2) is 144 Å². The lowest BCUT2D eigenvalue weighted by molar-refractivity contribution is 0.671. The zero-order valence-corrected chi connectivity index (χ0v) is 24.5. The van der Waals surface area contributed by atoms with E-state index in [9.17, 15) is 0 Å². The summed E-state index contributed by atoms with van der Waals surface area (Å²) in [7, 11) is 0. The van der Waals surface area contributed by atoms with Crippen LogP contribution in [0.3, 0.4) is 0 Å². The fraction of sp³-hybridized carbons (Fsp3) is 0.150. The second-order valence-electron chi connectivity index (χ2n) is 12.0. The number of allylic oxidation sites excluding steroid dienone is 3. The summed E-state index contributed by atoms with van der Waals surface area (Å²) in [5.41, 5.74) is 12.1. The SMILES string of the molecule is C1=CCC2C(=C1)C1=C(CCCC1)N2c1ccc2c3ccccc3n(-c3nc(-c4ccccc4)cc(-c4ccccc4)n3)c2c1. The third-order valence-electron chi connectivity index (χ3n) is 9.51. The van der Waals surface area contributed by atoms with Gasteiger partial charge in [0.05, 0.1) is 28.5 Å². The smallest absolute Gasteiger partial charge is 0.235 e. The molecule has 0 spiro atoms. The van der Waals surface area contributed by atoms with E-state index in [1.54, 1.807) is 5.57 Å². The van der Waals surface area contributed by atoms with Gasteiger partial charge in [0.1, 0.15) is 0 Å². The highest BCUT2D eigenvalue weighted by Gasteiger charge is 2.38. The van der Waals surface area contributed by atoms with Crippen molar-refractivity contribution in [2.45, 2.75) is 38.1 Å². The van der Waals surface area contributed by atoms with E-state index < -0.39 is 0 Å². The summed E-state index contributed by atoms with van der Waals surface area (Å²) >= 11 is 0.